The van der Waals surface area contributed by atoms with Crippen LogP contribution in [0.25, 0.3) is 0 Å². The quantitative estimate of drug-likeness (QED) is 0.765. The van der Waals surface area contributed by atoms with E-state index in [0.29, 0.717) is 12.5 Å². The third-order valence-corrected chi connectivity index (χ3v) is 3.11. The fourth-order valence-corrected chi connectivity index (χ4v) is 1.62. The highest BCUT2D eigenvalue weighted by atomic mass is 16.5. The Morgan fingerprint density at radius 3 is 2.80 bits per heavy atom. The zero-order valence-electron chi connectivity index (χ0n) is 9.82. The number of ether oxygens (including phenoxy) is 1. The third kappa shape index (κ3) is 3.47. The Kier molecular flexibility index (Phi) is 4.11. The van der Waals surface area contributed by atoms with Gasteiger partial charge in [0, 0.05) is 12.6 Å². The molecule has 4 nitrogen and oxygen atoms in total. The maximum atomic E-state index is 10.9. The second-order valence-electron chi connectivity index (χ2n) is 4.90. The number of aliphatic carboxylic acids is 1. The van der Waals surface area contributed by atoms with Gasteiger partial charge in [0.05, 0.1) is 18.6 Å². The topological polar surface area (TPSA) is 49.8 Å². The Bertz CT molecular complexity index is 228. The van der Waals surface area contributed by atoms with Crippen LogP contribution in [0.1, 0.15) is 27.2 Å². The van der Waals surface area contributed by atoms with Crippen LogP contribution in [0.15, 0.2) is 0 Å². The predicted molar refractivity (Wildman–Crippen MR) is 57.9 cm³/mol. The van der Waals surface area contributed by atoms with E-state index >= 15 is 0 Å². The van der Waals surface area contributed by atoms with E-state index in [1.807, 2.05) is 0 Å². The molecule has 1 rings (SSSR count). The van der Waals surface area contributed by atoms with E-state index in [4.69, 9.17) is 9.84 Å². The molecule has 1 aliphatic rings. The third-order valence-electron chi connectivity index (χ3n) is 3.11. The number of carboxylic acid groups (broad SMARTS) is 1. The molecule has 15 heavy (non-hydrogen) atoms. The molecule has 0 aromatic rings. The summed E-state index contributed by atoms with van der Waals surface area (Å²) in [5, 5.41) is 8.99. The van der Waals surface area contributed by atoms with Crippen molar-refractivity contribution in [1.29, 1.82) is 0 Å². The van der Waals surface area contributed by atoms with Gasteiger partial charge in [-0.1, -0.05) is 0 Å². The predicted octanol–water partition coefficient (Wildman–Crippen LogP) is 1.21. The second-order valence-corrected chi connectivity index (χ2v) is 4.90. The van der Waals surface area contributed by atoms with Crippen LogP contribution in [-0.4, -0.2) is 48.3 Å². The molecule has 88 valence electrons. The molecule has 1 saturated heterocycles. The maximum Gasteiger partial charge on any atom is 0.309 e. The Hall–Kier alpha value is -0.610. The van der Waals surface area contributed by atoms with Crippen LogP contribution < -0.4 is 0 Å². The fourth-order valence-electron chi connectivity index (χ4n) is 1.62. The van der Waals surface area contributed by atoms with E-state index in [-0.39, 0.29) is 0 Å². The molecule has 0 saturated carbocycles. The summed E-state index contributed by atoms with van der Waals surface area (Å²) in [6.07, 6.45) is 0.687. The van der Waals surface area contributed by atoms with E-state index in [2.05, 4.69) is 11.8 Å². The first kappa shape index (κ1) is 12.5. The molecule has 1 heterocycles. The number of hydrogen-bond acceptors (Lipinski definition) is 3. The SMILES string of the molecule is CC1COCCN1CCC(C)(C)C(=O)O. The summed E-state index contributed by atoms with van der Waals surface area (Å²) in [7, 11) is 0. The van der Waals surface area contributed by atoms with Crippen molar-refractivity contribution in [2.24, 2.45) is 5.41 Å². The van der Waals surface area contributed by atoms with E-state index < -0.39 is 11.4 Å². The highest BCUT2D eigenvalue weighted by Gasteiger charge is 2.29. The number of morpholine rings is 1. The number of carbonyl (C=O) groups is 1. The van der Waals surface area contributed by atoms with Gasteiger partial charge in [0.15, 0.2) is 0 Å². The molecule has 0 aromatic carbocycles. The summed E-state index contributed by atoms with van der Waals surface area (Å²) in [4.78, 5) is 13.2. The highest BCUT2D eigenvalue weighted by molar-refractivity contribution is 5.73. The van der Waals surface area contributed by atoms with E-state index in [1.54, 1.807) is 13.8 Å². The van der Waals surface area contributed by atoms with Crippen LogP contribution in [0.4, 0.5) is 0 Å². The monoisotopic (exact) mass is 215 g/mol. The van der Waals surface area contributed by atoms with Crippen LogP contribution in [0.3, 0.4) is 0 Å². The summed E-state index contributed by atoms with van der Waals surface area (Å²) >= 11 is 0. The Morgan fingerprint density at radius 2 is 2.27 bits per heavy atom. The lowest BCUT2D eigenvalue weighted by Gasteiger charge is -2.34. The van der Waals surface area contributed by atoms with Gasteiger partial charge in [-0.2, -0.15) is 0 Å². The molecule has 0 aliphatic carbocycles. The van der Waals surface area contributed by atoms with Crippen molar-refractivity contribution in [3.8, 4) is 0 Å². The summed E-state index contributed by atoms with van der Waals surface area (Å²) in [5.74, 6) is -0.719. The molecule has 1 unspecified atom stereocenters. The molecule has 0 spiro atoms. The zero-order chi connectivity index (χ0) is 11.5. The first-order chi connectivity index (χ1) is 6.93. The average molecular weight is 215 g/mol. The van der Waals surface area contributed by atoms with Crippen molar-refractivity contribution in [2.75, 3.05) is 26.3 Å². The Morgan fingerprint density at radius 1 is 1.60 bits per heavy atom. The largest absolute Gasteiger partial charge is 0.481 e. The highest BCUT2D eigenvalue weighted by Crippen LogP contribution is 2.21. The number of hydrogen-bond donors (Lipinski definition) is 1. The lowest BCUT2D eigenvalue weighted by molar-refractivity contribution is -0.147. The standard InChI is InChI=1S/C11H21NO3/c1-9-8-15-7-6-12(9)5-4-11(2,3)10(13)14/h9H,4-8H2,1-3H3,(H,13,14). The number of rotatable bonds is 4. The number of carboxylic acids is 1. The Balaban J connectivity index is 2.38. The molecule has 0 aromatic heterocycles. The minimum absolute atomic E-state index is 0.406. The van der Waals surface area contributed by atoms with Gasteiger partial charge in [0.1, 0.15) is 0 Å². The zero-order valence-corrected chi connectivity index (χ0v) is 9.82. The summed E-state index contributed by atoms with van der Waals surface area (Å²) in [5.41, 5.74) is -0.627. The first-order valence-corrected chi connectivity index (χ1v) is 5.48. The molecule has 0 amide bonds. The maximum absolute atomic E-state index is 10.9. The molecule has 0 bridgehead atoms. The van der Waals surface area contributed by atoms with Crippen molar-refractivity contribution >= 4 is 5.97 Å². The lowest BCUT2D eigenvalue weighted by Crippen LogP contribution is -2.45. The van der Waals surface area contributed by atoms with Gasteiger partial charge < -0.3 is 9.84 Å². The van der Waals surface area contributed by atoms with Gasteiger partial charge in [-0.15, -0.1) is 0 Å². The molecule has 0 radical (unpaired) electrons. The molecule has 1 fully saturated rings. The average Bonchev–Trinajstić information content (AvgIpc) is 2.16. The van der Waals surface area contributed by atoms with Gasteiger partial charge in [-0.25, -0.2) is 0 Å². The van der Waals surface area contributed by atoms with Crippen LogP contribution in [0, 0.1) is 5.41 Å². The van der Waals surface area contributed by atoms with Gasteiger partial charge >= 0.3 is 5.97 Å². The minimum Gasteiger partial charge on any atom is -0.481 e. The van der Waals surface area contributed by atoms with Gasteiger partial charge in [0.25, 0.3) is 0 Å². The first-order valence-electron chi connectivity index (χ1n) is 5.48. The number of nitrogens with zero attached hydrogens (tertiary/aromatic N) is 1. The molecule has 1 N–H and O–H groups in total. The van der Waals surface area contributed by atoms with Crippen LogP contribution in [0.5, 0.6) is 0 Å². The van der Waals surface area contributed by atoms with E-state index in [1.165, 1.54) is 0 Å². The van der Waals surface area contributed by atoms with E-state index in [0.717, 1.165) is 26.3 Å². The van der Waals surface area contributed by atoms with Crippen LogP contribution in [-0.2, 0) is 9.53 Å². The lowest BCUT2D eigenvalue weighted by atomic mass is 9.89. The van der Waals surface area contributed by atoms with Crippen molar-refractivity contribution < 1.29 is 14.6 Å². The van der Waals surface area contributed by atoms with Gasteiger partial charge in [-0.3, -0.25) is 9.69 Å². The van der Waals surface area contributed by atoms with Gasteiger partial charge in [0.2, 0.25) is 0 Å². The van der Waals surface area contributed by atoms with Crippen molar-refractivity contribution in [3.05, 3.63) is 0 Å². The fraction of sp³-hybridized carbons (Fsp3) is 0.909. The smallest absolute Gasteiger partial charge is 0.309 e. The van der Waals surface area contributed by atoms with Crippen LogP contribution >= 0.6 is 0 Å². The molecule has 4 heteroatoms. The van der Waals surface area contributed by atoms with Crippen molar-refractivity contribution in [2.45, 2.75) is 33.2 Å². The molecule has 1 atom stereocenters. The van der Waals surface area contributed by atoms with Gasteiger partial charge in [-0.05, 0) is 33.7 Å². The summed E-state index contributed by atoms with van der Waals surface area (Å²) < 4.78 is 5.33. The second kappa shape index (κ2) is 4.94. The molecular formula is C11H21NO3. The summed E-state index contributed by atoms with van der Waals surface area (Å²) in [6, 6.07) is 0.406. The van der Waals surface area contributed by atoms with Crippen LogP contribution in [0.2, 0.25) is 0 Å². The Labute approximate surface area is 91.2 Å². The van der Waals surface area contributed by atoms with E-state index in [9.17, 15) is 4.79 Å². The summed E-state index contributed by atoms with van der Waals surface area (Å²) in [6.45, 7) is 8.94. The molecule has 1 aliphatic heterocycles. The van der Waals surface area contributed by atoms with Crippen molar-refractivity contribution in [3.63, 3.8) is 0 Å². The normalized spacial score (nSPS) is 24.1. The molecular weight excluding hydrogens is 194 g/mol. The van der Waals surface area contributed by atoms with Crippen molar-refractivity contribution in [1.82, 2.24) is 4.90 Å². The minimum atomic E-state index is -0.719.